The topological polar surface area (TPSA) is 82.1 Å². The van der Waals surface area contributed by atoms with Crippen molar-refractivity contribution in [3.8, 4) is 11.4 Å². The molecule has 0 amide bonds. The first-order valence-corrected chi connectivity index (χ1v) is 9.28. The number of piperidine rings is 1. The average Bonchev–Trinajstić information content (AvgIpc) is 3.37. The third-order valence-electron chi connectivity index (χ3n) is 4.94. The first kappa shape index (κ1) is 17.8. The van der Waals surface area contributed by atoms with Crippen molar-refractivity contribution in [3.63, 3.8) is 0 Å². The maximum Gasteiger partial charge on any atom is 0.231 e. The summed E-state index contributed by atoms with van der Waals surface area (Å²) in [7, 11) is 1.72. The van der Waals surface area contributed by atoms with E-state index < -0.39 is 0 Å². The zero-order valence-electron chi connectivity index (χ0n) is 15.5. The van der Waals surface area contributed by atoms with Gasteiger partial charge in [-0.25, -0.2) is 4.98 Å². The Morgan fingerprint density at radius 1 is 1.30 bits per heavy atom. The van der Waals surface area contributed by atoms with Crippen molar-refractivity contribution in [2.24, 2.45) is 0 Å². The van der Waals surface area contributed by atoms with Crippen LogP contribution in [0.2, 0.25) is 0 Å². The van der Waals surface area contributed by atoms with Crippen molar-refractivity contribution < 1.29 is 9.26 Å². The van der Waals surface area contributed by atoms with Gasteiger partial charge in [0.15, 0.2) is 0 Å². The van der Waals surface area contributed by atoms with E-state index in [1.54, 1.807) is 19.5 Å². The second kappa shape index (κ2) is 8.41. The summed E-state index contributed by atoms with van der Waals surface area (Å²) in [5.74, 6) is 1.58. The molecule has 0 radical (unpaired) electrons. The number of hydrogen-bond acceptors (Lipinski definition) is 7. The quantitative estimate of drug-likeness (QED) is 0.633. The van der Waals surface area contributed by atoms with Crippen LogP contribution in [0.4, 0.5) is 0 Å². The summed E-state index contributed by atoms with van der Waals surface area (Å²) in [5.41, 5.74) is 2.08. The van der Waals surface area contributed by atoms with Crippen LogP contribution in [0.5, 0.6) is 0 Å². The van der Waals surface area contributed by atoms with Gasteiger partial charge in [0.1, 0.15) is 0 Å². The largest absolute Gasteiger partial charge is 0.383 e. The predicted octanol–water partition coefficient (Wildman–Crippen LogP) is 2.35. The minimum Gasteiger partial charge on any atom is -0.383 e. The fourth-order valence-corrected chi connectivity index (χ4v) is 3.51. The highest BCUT2D eigenvalue weighted by Crippen LogP contribution is 2.28. The molecule has 0 aliphatic carbocycles. The Bertz CT molecular complexity index is 847. The molecule has 8 heteroatoms. The van der Waals surface area contributed by atoms with Gasteiger partial charge >= 0.3 is 0 Å². The number of hydrogen-bond donors (Lipinski definition) is 0. The zero-order valence-corrected chi connectivity index (χ0v) is 15.5. The van der Waals surface area contributed by atoms with Crippen LogP contribution in [-0.2, 0) is 17.8 Å². The van der Waals surface area contributed by atoms with Gasteiger partial charge in [0.05, 0.1) is 24.5 Å². The van der Waals surface area contributed by atoms with Gasteiger partial charge in [0, 0.05) is 50.9 Å². The van der Waals surface area contributed by atoms with Crippen molar-refractivity contribution in [1.29, 1.82) is 0 Å². The molecular weight excluding hydrogens is 344 g/mol. The summed E-state index contributed by atoms with van der Waals surface area (Å²) in [6, 6.07) is 3.82. The van der Waals surface area contributed by atoms with Gasteiger partial charge in [-0.2, -0.15) is 4.98 Å². The van der Waals surface area contributed by atoms with E-state index in [0.29, 0.717) is 18.3 Å². The van der Waals surface area contributed by atoms with Crippen LogP contribution in [0.25, 0.3) is 11.4 Å². The molecule has 8 nitrogen and oxygen atoms in total. The molecule has 142 valence electrons. The number of aromatic nitrogens is 5. The van der Waals surface area contributed by atoms with Crippen molar-refractivity contribution in [1.82, 2.24) is 29.6 Å². The molecule has 0 saturated carbocycles. The molecule has 27 heavy (non-hydrogen) atoms. The van der Waals surface area contributed by atoms with Crippen molar-refractivity contribution >= 4 is 0 Å². The molecular formula is C19H24N6O2. The summed E-state index contributed by atoms with van der Waals surface area (Å²) in [4.78, 5) is 15.5. The second-order valence-electron chi connectivity index (χ2n) is 6.84. The molecule has 4 rings (SSSR count). The molecule has 1 unspecified atom stereocenters. The lowest BCUT2D eigenvalue weighted by atomic mass is 9.98. The van der Waals surface area contributed by atoms with Gasteiger partial charge in [-0.05, 0) is 31.5 Å². The molecule has 1 fully saturated rings. The highest BCUT2D eigenvalue weighted by molar-refractivity contribution is 5.51. The van der Waals surface area contributed by atoms with Crippen molar-refractivity contribution in [2.75, 3.05) is 26.8 Å². The third kappa shape index (κ3) is 4.23. The van der Waals surface area contributed by atoms with E-state index in [1.165, 1.54) is 5.69 Å². The smallest absolute Gasteiger partial charge is 0.231 e. The Balaban J connectivity index is 1.41. The van der Waals surface area contributed by atoms with E-state index in [0.717, 1.165) is 44.6 Å². The SMILES string of the molecule is COCCn1cncc1CN1CCCC(c2nc(-c3cccnc3)no2)C1. The molecule has 4 heterocycles. The summed E-state index contributed by atoms with van der Waals surface area (Å²) >= 11 is 0. The van der Waals surface area contributed by atoms with Gasteiger partial charge in [0.2, 0.25) is 11.7 Å². The second-order valence-corrected chi connectivity index (χ2v) is 6.84. The van der Waals surface area contributed by atoms with E-state index in [2.05, 4.69) is 29.6 Å². The standard InChI is InChI=1S/C19H24N6O2/c1-26-9-8-25-14-21-11-17(25)13-24-7-3-5-16(12-24)19-22-18(23-27-19)15-4-2-6-20-10-15/h2,4,6,10-11,14,16H,3,5,7-9,12-13H2,1H3. The number of ether oxygens (including phenoxy) is 1. The molecule has 1 atom stereocenters. The van der Waals surface area contributed by atoms with E-state index in [4.69, 9.17) is 9.26 Å². The lowest BCUT2D eigenvalue weighted by Gasteiger charge is -2.31. The molecule has 0 aromatic carbocycles. The molecule has 0 bridgehead atoms. The summed E-state index contributed by atoms with van der Waals surface area (Å²) in [5, 5.41) is 4.14. The van der Waals surface area contributed by atoms with Crippen LogP contribution in [-0.4, -0.2) is 56.4 Å². The third-order valence-corrected chi connectivity index (χ3v) is 4.94. The summed E-state index contributed by atoms with van der Waals surface area (Å²) < 4.78 is 12.9. The number of pyridine rings is 1. The maximum absolute atomic E-state index is 5.57. The predicted molar refractivity (Wildman–Crippen MR) is 98.9 cm³/mol. The fourth-order valence-electron chi connectivity index (χ4n) is 3.51. The van der Waals surface area contributed by atoms with Crippen molar-refractivity contribution in [3.05, 3.63) is 48.6 Å². The minimum absolute atomic E-state index is 0.256. The van der Waals surface area contributed by atoms with Crippen LogP contribution in [0, 0.1) is 0 Å². The lowest BCUT2D eigenvalue weighted by Crippen LogP contribution is -2.34. The van der Waals surface area contributed by atoms with E-state index in [1.807, 2.05) is 24.7 Å². The number of imidazole rings is 1. The Morgan fingerprint density at radius 2 is 2.26 bits per heavy atom. The van der Waals surface area contributed by atoms with E-state index in [9.17, 15) is 0 Å². The highest BCUT2D eigenvalue weighted by Gasteiger charge is 2.26. The van der Waals surface area contributed by atoms with Crippen LogP contribution in [0.1, 0.15) is 30.3 Å². The van der Waals surface area contributed by atoms with Gasteiger partial charge in [0.25, 0.3) is 0 Å². The van der Waals surface area contributed by atoms with Crippen LogP contribution >= 0.6 is 0 Å². The van der Waals surface area contributed by atoms with Crippen LogP contribution in [0.3, 0.4) is 0 Å². The van der Waals surface area contributed by atoms with Gasteiger partial charge in [-0.1, -0.05) is 5.16 Å². The Labute approximate surface area is 158 Å². The van der Waals surface area contributed by atoms with Crippen LogP contribution in [0.15, 0.2) is 41.6 Å². The van der Waals surface area contributed by atoms with E-state index in [-0.39, 0.29) is 5.92 Å². The molecule has 1 saturated heterocycles. The van der Waals surface area contributed by atoms with Crippen LogP contribution < -0.4 is 0 Å². The average molecular weight is 368 g/mol. The normalized spacial score (nSPS) is 18.0. The molecule has 3 aromatic heterocycles. The maximum atomic E-state index is 5.57. The van der Waals surface area contributed by atoms with Crippen molar-refractivity contribution in [2.45, 2.75) is 31.8 Å². The van der Waals surface area contributed by atoms with E-state index >= 15 is 0 Å². The van der Waals surface area contributed by atoms with Gasteiger partial charge in [-0.15, -0.1) is 0 Å². The lowest BCUT2D eigenvalue weighted by molar-refractivity contribution is 0.169. The first-order valence-electron chi connectivity index (χ1n) is 9.28. The summed E-state index contributed by atoms with van der Waals surface area (Å²) in [6.07, 6.45) is 9.47. The number of likely N-dealkylation sites (tertiary alicyclic amines) is 1. The molecule has 0 spiro atoms. The monoisotopic (exact) mass is 368 g/mol. The summed E-state index contributed by atoms with van der Waals surface area (Å²) in [6.45, 7) is 4.34. The Hall–Kier alpha value is -2.58. The number of methoxy groups -OCH3 is 1. The van der Waals surface area contributed by atoms with Gasteiger partial charge in [-0.3, -0.25) is 9.88 Å². The Morgan fingerprint density at radius 3 is 3.11 bits per heavy atom. The number of nitrogens with zero attached hydrogens (tertiary/aromatic N) is 6. The van der Waals surface area contributed by atoms with Gasteiger partial charge < -0.3 is 13.8 Å². The molecule has 0 N–H and O–H groups in total. The molecule has 3 aromatic rings. The zero-order chi connectivity index (χ0) is 18.5. The highest BCUT2D eigenvalue weighted by atomic mass is 16.5. The fraction of sp³-hybridized carbons (Fsp3) is 0.474. The molecule has 1 aliphatic heterocycles. The number of rotatable bonds is 7. The first-order chi connectivity index (χ1) is 13.3. The Kier molecular flexibility index (Phi) is 5.55. The molecule has 1 aliphatic rings. The minimum atomic E-state index is 0.256.